The molecule has 3 heteroatoms. The summed E-state index contributed by atoms with van der Waals surface area (Å²) in [7, 11) is 3.40. The Bertz CT molecular complexity index is 441. The van der Waals surface area contributed by atoms with Crippen LogP contribution in [0.25, 0.3) is 0 Å². The highest BCUT2D eigenvalue weighted by Gasteiger charge is 2.42. The number of hydrogen-bond acceptors (Lipinski definition) is 3. The molecule has 3 aliphatic carbocycles. The molecule has 3 aliphatic rings. The maximum atomic E-state index is 10.1. The summed E-state index contributed by atoms with van der Waals surface area (Å²) in [4.78, 5) is 0. The van der Waals surface area contributed by atoms with E-state index in [4.69, 9.17) is 9.47 Å². The second kappa shape index (κ2) is 3.91. The van der Waals surface area contributed by atoms with Crippen LogP contribution in [0.2, 0.25) is 0 Å². The molecule has 92 valence electrons. The molecule has 0 radical (unpaired) electrons. The van der Waals surface area contributed by atoms with Gasteiger partial charge in [-0.15, -0.1) is 0 Å². The summed E-state index contributed by atoms with van der Waals surface area (Å²) in [6.45, 7) is 0. The molecule has 0 heterocycles. The lowest BCUT2D eigenvalue weighted by Crippen LogP contribution is -2.34. The molecule has 0 saturated heterocycles. The summed E-state index contributed by atoms with van der Waals surface area (Å²) >= 11 is 0. The molecule has 1 fully saturated rings. The molecule has 1 N–H and O–H groups in total. The van der Waals surface area contributed by atoms with Crippen LogP contribution in [0, 0.1) is 0 Å². The standard InChI is InChI=1S/C14H18O3/c1-16-11-5-6-12(17-2)14-9-4-3-8(13(11)14)7-10(9)15/h5-6,8-10,15H,3-4,7H2,1-2H3/t8-,9+,10+/m0/s1. The van der Waals surface area contributed by atoms with Gasteiger partial charge in [0, 0.05) is 17.0 Å². The topological polar surface area (TPSA) is 38.7 Å². The van der Waals surface area contributed by atoms with Crippen molar-refractivity contribution < 1.29 is 14.6 Å². The first-order valence-electron chi connectivity index (χ1n) is 6.19. The zero-order valence-corrected chi connectivity index (χ0v) is 10.3. The summed E-state index contributed by atoms with van der Waals surface area (Å²) in [6, 6.07) is 3.93. The second-order valence-electron chi connectivity index (χ2n) is 4.98. The van der Waals surface area contributed by atoms with Crippen LogP contribution in [-0.4, -0.2) is 25.4 Å². The SMILES string of the molecule is COc1ccc(OC)c2c1[C@H]1CC[C@@H]2[C@H](O)C1. The van der Waals surface area contributed by atoms with Crippen molar-refractivity contribution in [2.75, 3.05) is 14.2 Å². The first-order chi connectivity index (χ1) is 8.26. The van der Waals surface area contributed by atoms with Gasteiger partial charge in [-0.1, -0.05) is 0 Å². The lowest BCUT2D eigenvalue weighted by Gasteiger charge is -2.42. The smallest absolute Gasteiger partial charge is 0.122 e. The zero-order chi connectivity index (χ0) is 12.0. The summed E-state index contributed by atoms with van der Waals surface area (Å²) in [6.07, 6.45) is 2.85. The third-order valence-corrected chi connectivity index (χ3v) is 4.24. The number of aliphatic hydroxyl groups excluding tert-OH is 1. The molecule has 1 aromatic carbocycles. The van der Waals surface area contributed by atoms with Gasteiger partial charge in [0.15, 0.2) is 0 Å². The number of benzene rings is 1. The van der Waals surface area contributed by atoms with Crippen molar-refractivity contribution in [1.82, 2.24) is 0 Å². The molecule has 3 nitrogen and oxygen atoms in total. The Balaban J connectivity index is 2.22. The van der Waals surface area contributed by atoms with Crippen LogP contribution in [0.5, 0.6) is 11.5 Å². The van der Waals surface area contributed by atoms with Gasteiger partial charge in [-0.05, 0) is 37.3 Å². The van der Waals surface area contributed by atoms with Gasteiger partial charge in [0.1, 0.15) is 11.5 Å². The lowest BCUT2D eigenvalue weighted by atomic mass is 9.65. The normalized spacial score (nSPS) is 29.9. The van der Waals surface area contributed by atoms with Crippen molar-refractivity contribution in [3.63, 3.8) is 0 Å². The number of hydrogen-bond donors (Lipinski definition) is 1. The first-order valence-corrected chi connectivity index (χ1v) is 6.19. The maximum Gasteiger partial charge on any atom is 0.122 e. The van der Waals surface area contributed by atoms with Crippen LogP contribution in [0.1, 0.15) is 42.2 Å². The van der Waals surface area contributed by atoms with Crippen molar-refractivity contribution in [3.05, 3.63) is 23.3 Å². The van der Waals surface area contributed by atoms with Crippen LogP contribution >= 0.6 is 0 Å². The highest BCUT2D eigenvalue weighted by Crippen LogP contribution is 2.55. The van der Waals surface area contributed by atoms with E-state index < -0.39 is 0 Å². The van der Waals surface area contributed by atoms with Gasteiger partial charge in [-0.3, -0.25) is 0 Å². The van der Waals surface area contributed by atoms with Crippen molar-refractivity contribution in [1.29, 1.82) is 0 Å². The van der Waals surface area contributed by atoms with Gasteiger partial charge < -0.3 is 14.6 Å². The van der Waals surface area contributed by atoms with E-state index in [0.29, 0.717) is 5.92 Å². The van der Waals surface area contributed by atoms with Crippen LogP contribution in [0.4, 0.5) is 0 Å². The average Bonchev–Trinajstić information content (AvgIpc) is 2.37. The van der Waals surface area contributed by atoms with Crippen molar-refractivity contribution in [2.24, 2.45) is 0 Å². The number of methoxy groups -OCH3 is 2. The van der Waals surface area contributed by atoms with E-state index in [2.05, 4.69) is 0 Å². The number of rotatable bonds is 2. The Morgan fingerprint density at radius 2 is 1.71 bits per heavy atom. The fraction of sp³-hybridized carbons (Fsp3) is 0.571. The third-order valence-electron chi connectivity index (χ3n) is 4.24. The largest absolute Gasteiger partial charge is 0.496 e. The second-order valence-corrected chi connectivity index (χ2v) is 4.98. The van der Waals surface area contributed by atoms with E-state index in [0.717, 1.165) is 30.8 Å². The number of aliphatic hydroxyl groups is 1. The Hall–Kier alpha value is -1.22. The Morgan fingerprint density at radius 3 is 2.29 bits per heavy atom. The van der Waals surface area contributed by atoms with Gasteiger partial charge in [0.05, 0.1) is 20.3 Å². The van der Waals surface area contributed by atoms with Crippen LogP contribution in [0.15, 0.2) is 12.1 Å². The van der Waals surface area contributed by atoms with E-state index in [9.17, 15) is 5.11 Å². The van der Waals surface area contributed by atoms with Crippen molar-refractivity contribution in [2.45, 2.75) is 37.2 Å². The van der Waals surface area contributed by atoms with Gasteiger partial charge in [0.25, 0.3) is 0 Å². The minimum absolute atomic E-state index is 0.220. The Labute approximate surface area is 101 Å². The molecule has 2 bridgehead atoms. The molecule has 0 aromatic heterocycles. The van der Waals surface area contributed by atoms with E-state index >= 15 is 0 Å². The first kappa shape index (κ1) is 10.9. The zero-order valence-electron chi connectivity index (χ0n) is 10.3. The monoisotopic (exact) mass is 234 g/mol. The van der Waals surface area contributed by atoms with Gasteiger partial charge in [0.2, 0.25) is 0 Å². The quantitative estimate of drug-likeness (QED) is 0.854. The molecular weight excluding hydrogens is 216 g/mol. The van der Waals surface area contributed by atoms with Gasteiger partial charge in [-0.25, -0.2) is 0 Å². The van der Waals surface area contributed by atoms with E-state index in [1.54, 1.807) is 14.2 Å². The van der Waals surface area contributed by atoms with Crippen LogP contribution < -0.4 is 9.47 Å². The molecule has 1 aromatic rings. The Kier molecular flexibility index (Phi) is 2.51. The van der Waals surface area contributed by atoms with Crippen LogP contribution in [0.3, 0.4) is 0 Å². The van der Waals surface area contributed by atoms with Crippen molar-refractivity contribution in [3.8, 4) is 11.5 Å². The molecule has 0 amide bonds. The Morgan fingerprint density at radius 1 is 1.06 bits per heavy atom. The summed E-state index contributed by atoms with van der Waals surface area (Å²) in [5.74, 6) is 2.49. The van der Waals surface area contributed by atoms with E-state index in [1.165, 1.54) is 11.1 Å². The molecule has 0 unspecified atom stereocenters. The number of fused-ring (bicyclic) bond motifs is 2. The molecule has 4 rings (SSSR count). The molecule has 3 atom stereocenters. The van der Waals surface area contributed by atoms with E-state index in [-0.39, 0.29) is 12.0 Å². The minimum atomic E-state index is -0.220. The average molecular weight is 234 g/mol. The highest BCUT2D eigenvalue weighted by molar-refractivity contribution is 5.55. The molecule has 1 saturated carbocycles. The lowest BCUT2D eigenvalue weighted by molar-refractivity contribution is 0.0809. The van der Waals surface area contributed by atoms with Gasteiger partial charge >= 0.3 is 0 Å². The van der Waals surface area contributed by atoms with Crippen LogP contribution in [-0.2, 0) is 0 Å². The predicted molar refractivity (Wildman–Crippen MR) is 64.9 cm³/mol. The highest BCUT2D eigenvalue weighted by atomic mass is 16.5. The van der Waals surface area contributed by atoms with Gasteiger partial charge in [-0.2, -0.15) is 0 Å². The summed E-state index contributed by atoms with van der Waals surface area (Å²) in [5, 5.41) is 10.1. The molecule has 0 aliphatic heterocycles. The summed E-state index contributed by atoms with van der Waals surface area (Å²) < 4.78 is 10.9. The minimum Gasteiger partial charge on any atom is -0.496 e. The predicted octanol–water partition coefficient (Wildman–Crippen LogP) is 2.43. The van der Waals surface area contributed by atoms with Crippen molar-refractivity contribution >= 4 is 0 Å². The third kappa shape index (κ3) is 1.45. The van der Waals surface area contributed by atoms with E-state index in [1.807, 2.05) is 12.1 Å². The number of ether oxygens (including phenoxy) is 2. The maximum absolute atomic E-state index is 10.1. The molecule has 0 spiro atoms. The summed E-state index contributed by atoms with van der Waals surface area (Å²) in [5.41, 5.74) is 2.45. The molecule has 17 heavy (non-hydrogen) atoms. The fourth-order valence-corrected chi connectivity index (χ4v) is 3.50. The fourth-order valence-electron chi connectivity index (χ4n) is 3.50. The molecular formula is C14H18O3.